The number of benzene rings is 1. The van der Waals surface area contributed by atoms with E-state index in [2.05, 4.69) is 0 Å². The summed E-state index contributed by atoms with van der Waals surface area (Å²) >= 11 is 0. The van der Waals surface area contributed by atoms with Crippen LogP contribution >= 0.6 is 0 Å². The SMILES string of the molecule is CC(C)(C)OC(=O)N1CC2CC(C1)c1cc(N)c(N)cc12. The van der Waals surface area contributed by atoms with Crippen molar-refractivity contribution in [2.45, 2.75) is 44.6 Å². The number of carbonyl (C=O) groups is 1. The highest BCUT2D eigenvalue weighted by atomic mass is 16.6. The van der Waals surface area contributed by atoms with Crippen molar-refractivity contribution in [1.82, 2.24) is 4.90 Å². The van der Waals surface area contributed by atoms with Crippen molar-refractivity contribution in [2.24, 2.45) is 0 Å². The average molecular weight is 289 g/mol. The Bertz CT molecular complexity index is 555. The molecule has 0 radical (unpaired) electrons. The molecule has 4 N–H and O–H groups in total. The molecule has 0 aromatic heterocycles. The number of likely N-dealkylation sites (tertiary alicyclic amines) is 1. The van der Waals surface area contributed by atoms with Gasteiger partial charge in [-0.25, -0.2) is 4.79 Å². The third-order valence-electron chi connectivity index (χ3n) is 4.27. The molecule has 0 spiro atoms. The molecule has 1 aromatic rings. The van der Waals surface area contributed by atoms with Crippen molar-refractivity contribution < 1.29 is 9.53 Å². The fraction of sp³-hybridized carbons (Fsp3) is 0.562. The summed E-state index contributed by atoms with van der Waals surface area (Å²) < 4.78 is 5.49. The number of hydrogen-bond donors (Lipinski definition) is 2. The molecule has 21 heavy (non-hydrogen) atoms. The second kappa shape index (κ2) is 4.55. The summed E-state index contributed by atoms with van der Waals surface area (Å²) in [5, 5.41) is 0. The Kier molecular flexibility index (Phi) is 3.04. The lowest BCUT2D eigenvalue weighted by atomic mass is 9.96. The molecule has 1 amide bonds. The Morgan fingerprint density at radius 1 is 1.14 bits per heavy atom. The second-order valence-corrected chi connectivity index (χ2v) is 7.12. The van der Waals surface area contributed by atoms with Gasteiger partial charge < -0.3 is 21.1 Å². The highest BCUT2D eigenvalue weighted by Gasteiger charge is 2.40. The molecule has 1 aliphatic heterocycles. The van der Waals surface area contributed by atoms with Crippen LogP contribution in [0.1, 0.15) is 50.2 Å². The van der Waals surface area contributed by atoms with Gasteiger partial charge in [-0.1, -0.05) is 0 Å². The molecular weight excluding hydrogens is 266 g/mol. The van der Waals surface area contributed by atoms with E-state index in [-0.39, 0.29) is 6.09 Å². The zero-order valence-corrected chi connectivity index (χ0v) is 12.8. The van der Waals surface area contributed by atoms with Gasteiger partial charge in [0.15, 0.2) is 0 Å². The van der Waals surface area contributed by atoms with Gasteiger partial charge in [-0.3, -0.25) is 0 Å². The van der Waals surface area contributed by atoms with Crippen LogP contribution in [0, 0.1) is 0 Å². The molecule has 1 aliphatic carbocycles. The van der Waals surface area contributed by atoms with Crippen molar-refractivity contribution >= 4 is 17.5 Å². The molecule has 2 bridgehead atoms. The number of rotatable bonds is 0. The smallest absolute Gasteiger partial charge is 0.410 e. The minimum atomic E-state index is -0.463. The first-order valence-corrected chi connectivity index (χ1v) is 7.41. The number of nitrogen functional groups attached to an aromatic ring is 2. The van der Waals surface area contributed by atoms with Crippen LogP contribution in [0.2, 0.25) is 0 Å². The molecule has 0 saturated carbocycles. The highest BCUT2D eigenvalue weighted by molar-refractivity contribution is 5.71. The standard InChI is InChI=1S/C16H23N3O2/c1-16(2,3)21-15(20)19-7-9-4-10(8-19)12-6-14(18)13(17)5-11(9)12/h5-6,9-10H,4,7-8,17-18H2,1-3H3. The second-order valence-electron chi connectivity index (χ2n) is 7.12. The number of fused-ring (bicyclic) bond motifs is 5. The molecule has 1 heterocycles. The van der Waals surface area contributed by atoms with Crippen LogP contribution in [-0.2, 0) is 4.74 Å². The monoisotopic (exact) mass is 289 g/mol. The molecule has 1 fully saturated rings. The van der Waals surface area contributed by atoms with E-state index in [0.717, 1.165) is 6.42 Å². The maximum Gasteiger partial charge on any atom is 0.410 e. The first-order valence-electron chi connectivity index (χ1n) is 7.41. The minimum absolute atomic E-state index is 0.231. The van der Waals surface area contributed by atoms with Gasteiger partial charge in [0, 0.05) is 24.9 Å². The van der Waals surface area contributed by atoms with E-state index in [1.165, 1.54) is 11.1 Å². The number of hydrogen-bond acceptors (Lipinski definition) is 4. The summed E-state index contributed by atoms with van der Waals surface area (Å²) in [7, 11) is 0. The predicted molar refractivity (Wildman–Crippen MR) is 83.2 cm³/mol. The van der Waals surface area contributed by atoms with Gasteiger partial charge in [0.25, 0.3) is 0 Å². The lowest BCUT2D eigenvalue weighted by Crippen LogP contribution is -2.42. The first-order chi connectivity index (χ1) is 9.74. The quantitative estimate of drug-likeness (QED) is 0.719. The summed E-state index contributed by atoms with van der Waals surface area (Å²) in [5.74, 6) is 0.684. The van der Waals surface area contributed by atoms with E-state index in [1.807, 2.05) is 37.8 Å². The van der Waals surface area contributed by atoms with Crippen LogP contribution in [0.15, 0.2) is 12.1 Å². The van der Waals surface area contributed by atoms with Crippen molar-refractivity contribution in [3.63, 3.8) is 0 Å². The Morgan fingerprint density at radius 3 is 2.05 bits per heavy atom. The zero-order chi connectivity index (χ0) is 15.4. The van der Waals surface area contributed by atoms with E-state index in [0.29, 0.717) is 36.3 Å². The number of anilines is 2. The number of ether oxygens (including phenoxy) is 1. The van der Waals surface area contributed by atoms with E-state index >= 15 is 0 Å². The number of carbonyl (C=O) groups excluding carboxylic acids is 1. The predicted octanol–water partition coefficient (Wildman–Crippen LogP) is 2.67. The van der Waals surface area contributed by atoms with Crippen LogP contribution in [0.3, 0.4) is 0 Å². The van der Waals surface area contributed by atoms with Gasteiger partial charge in [-0.05, 0) is 50.5 Å². The molecule has 1 saturated heterocycles. The summed E-state index contributed by atoms with van der Waals surface area (Å²) in [6, 6.07) is 3.96. The van der Waals surface area contributed by atoms with E-state index in [9.17, 15) is 4.79 Å². The van der Waals surface area contributed by atoms with Gasteiger partial charge in [0.2, 0.25) is 0 Å². The number of nitrogens with two attached hydrogens (primary N) is 2. The Morgan fingerprint density at radius 2 is 1.62 bits per heavy atom. The van der Waals surface area contributed by atoms with Crippen LogP contribution in [-0.4, -0.2) is 29.7 Å². The van der Waals surface area contributed by atoms with Gasteiger partial charge in [0.1, 0.15) is 5.60 Å². The maximum atomic E-state index is 12.3. The normalized spacial score (nSPS) is 23.9. The molecule has 1 aromatic carbocycles. The molecule has 3 rings (SSSR count). The van der Waals surface area contributed by atoms with Crippen LogP contribution < -0.4 is 11.5 Å². The number of piperidine rings is 1. The molecule has 5 nitrogen and oxygen atoms in total. The van der Waals surface area contributed by atoms with Crippen LogP contribution in [0.25, 0.3) is 0 Å². The molecule has 5 heteroatoms. The summed E-state index contributed by atoms with van der Waals surface area (Å²) in [5.41, 5.74) is 15.1. The molecule has 2 aliphatic rings. The number of amides is 1. The van der Waals surface area contributed by atoms with Gasteiger partial charge in [0.05, 0.1) is 11.4 Å². The minimum Gasteiger partial charge on any atom is -0.444 e. The Balaban J connectivity index is 1.82. The number of nitrogens with zero attached hydrogens (tertiary/aromatic N) is 1. The summed E-state index contributed by atoms with van der Waals surface area (Å²) in [6.07, 6.45) is 0.836. The van der Waals surface area contributed by atoms with Gasteiger partial charge >= 0.3 is 6.09 Å². The fourth-order valence-electron chi connectivity index (χ4n) is 3.40. The van der Waals surface area contributed by atoms with Crippen molar-refractivity contribution in [3.8, 4) is 0 Å². The van der Waals surface area contributed by atoms with Crippen LogP contribution in [0.5, 0.6) is 0 Å². The Labute approximate surface area is 125 Å². The van der Waals surface area contributed by atoms with Crippen molar-refractivity contribution in [1.29, 1.82) is 0 Å². The van der Waals surface area contributed by atoms with E-state index in [4.69, 9.17) is 16.2 Å². The lowest BCUT2D eigenvalue weighted by molar-refractivity contribution is 0.0193. The third kappa shape index (κ3) is 2.52. The van der Waals surface area contributed by atoms with E-state index in [1.54, 1.807) is 0 Å². The highest BCUT2D eigenvalue weighted by Crippen LogP contribution is 2.47. The summed E-state index contributed by atoms with van der Waals surface area (Å²) in [4.78, 5) is 14.1. The van der Waals surface area contributed by atoms with Gasteiger partial charge in [-0.15, -0.1) is 0 Å². The topological polar surface area (TPSA) is 81.6 Å². The first kappa shape index (κ1) is 14.0. The molecular formula is C16H23N3O2. The van der Waals surface area contributed by atoms with Crippen molar-refractivity contribution in [3.05, 3.63) is 23.3 Å². The average Bonchev–Trinajstić information content (AvgIpc) is 2.60. The largest absolute Gasteiger partial charge is 0.444 e. The fourth-order valence-corrected chi connectivity index (χ4v) is 3.40. The van der Waals surface area contributed by atoms with Gasteiger partial charge in [-0.2, -0.15) is 0 Å². The molecule has 2 atom stereocenters. The summed E-state index contributed by atoms with van der Waals surface area (Å²) in [6.45, 7) is 7.06. The molecule has 2 unspecified atom stereocenters. The molecule has 114 valence electrons. The van der Waals surface area contributed by atoms with E-state index < -0.39 is 5.60 Å². The van der Waals surface area contributed by atoms with Crippen LogP contribution in [0.4, 0.5) is 16.2 Å². The maximum absolute atomic E-state index is 12.3. The lowest BCUT2D eigenvalue weighted by Gasteiger charge is -2.33. The third-order valence-corrected chi connectivity index (χ3v) is 4.27. The zero-order valence-electron chi connectivity index (χ0n) is 12.8. The van der Waals surface area contributed by atoms with Crippen molar-refractivity contribution in [2.75, 3.05) is 24.6 Å². The Hall–Kier alpha value is -1.91.